The van der Waals surface area contributed by atoms with E-state index in [4.69, 9.17) is 18.0 Å². The summed E-state index contributed by atoms with van der Waals surface area (Å²) in [5, 5.41) is 0. The van der Waals surface area contributed by atoms with E-state index in [0.29, 0.717) is 4.99 Å². The topological polar surface area (TPSA) is 26.0 Å². The summed E-state index contributed by atoms with van der Waals surface area (Å²) in [4.78, 5) is 0.405. The Morgan fingerprint density at radius 3 is 2.93 bits per heavy atom. The van der Waals surface area contributed by atoms with Gasteiger partial charge in [0, 0.05) is 23.3 Å². The molecule has 0 fully saturated rings. The van der Waals surface area contributed by atoms with Crippen molar-refractivity contribution in [3.8, 4) is 11.8 Å². The maximum atomic E-state index is 5.51. The van der Waals surface area contributed by atoms with E-state index in [1.54, 1.807) is 0 Å². The van der Waals surface area contributed by atoms with Crippen molar-refractivity contribution in [2.45, 2.75) is 6.42 Å². The van der Waals surface area contributed by atoms with Gasteiger partial charge in [0.1, 0.15) is 4.99 Å². The molecule has 0 spiro atoms. The fraction of sp³-hybridized carbons (Fsp3) is 0.182. The molecular formula is C11H11NS2. The third-order valence-corrected chi connectivity index (χ3v) is 2.08. The predicted octanol–water partition coefficient (Wildman–Crippen LogP) is 1.99. The molecule has 1 aromatic rings. The zero-order valence-corrected chi connectivity index (χ0v) is 9.37. The Balaban J connectivity index is 2.85. The van der Waals surface area contributed by atoms with E-state index in [9.17, 15) is 0 Å². The second-order valence-corrected chi connectivity index (χ2v) is 3.61. The second kappa shape index (κ2) is 5.69. The largest absolute Gasteiger partial charge is 0.389 e. The van der Waals surface area contributed by atoms with Gasteiger partial charge in [-0.1, -0.05) is 36.2 Å². The molecule has 2 N–H and O–H groups in total. The first-order valence-electron chi connectivity index (χ1n) is 4.23. The number of hydrogen-bond donors (Lipinski definition) is 2. The summed E-state index contributed by atoms with van der Waals surface area (Å²) in [6.45, 7) is 0. The summed E-state index contributed by atoms with van der Waals surface area (Å²) >= 11 is 8.95. The molecule has 3 heteroatoms. The summed E-state index contributed by atoms with van der Waals surface area (Å²) in [7, 11) is 0. The molecule has 0 bridgehead atoms. The first-order chi connectivity index (χ1) is 6.74. The molecule has 0 aliphatic rings. The van der Waals surface area contributed by atoms with Gasteiger partial charge >= 0.3 is 0 Å². The number of rotatable bonds is 2. The van der Waals surface area contributed by atoms with Crippen LogP contribution in [0.3, 0.4) is 0 Å². The number of benzene rings is 1. The quantitative estimate of drug-likeness (QED) is 0.454. The number of hydrogen-bond acceptors (Lipinski definition) is 2. The van der Waals surface area contributed by atoms with Crippen molar-refractivity contribution >= 4 is 29.8 Å². The van der Waals surface area contributed by atoms with Crippen LogP contribution in [0.25, 0.3) is 0 Å². The molecule has 0 amide bonds. The number of thiocarbonyl (C=S) groups is 1. The van der Waals surface area contributed by atoms with Crippen LogP contribution in [-0.2, 0) is 0 Å². The van der Waals surface area contributed by atoms with Crippen molar-refractivity contribution in [1.29, 1.82) is 0 Å². The van der Waals surface area contributed by atoms with Crippen LogP contribution < -0.4 is 5.73 Å². The van der Waals surface area contributed by atoms with Crippen LogP contribution in [0.5, 0.6) is 0 Å². The van der Waals surface area contributed by atoms with Gasteiger partial charge in [0.25, 0.3) is 0 Å². The average Bonchev–Trinajstić information content (AvgIpc) is 2.19. The zero-order chi connectivity index (χ0) is 10.4. The van der Waals surface area contributed by atoms with Crippen LogP contribution in [0.2, 0.25) is 0 Å². The van der Waals surface area contributed by atoms with Gasteiger partial charge in [-0.3, -0.25) is 0 Å². The van der Waals surface area contributed by atoms with Crippen molar-refractivity contribution in [2.75, 3.05) is 5.75 Å². The van der Waals surface area contributed by atoms with E-state index >= 15 is 0 Å². The van der Waals surface area contributed by atoms with Crippen molar-refractivity contribution < 1.29 is 0 Å². The number of thiol groups is 1. The van der Waals surface area contributed by atoms with Gasteiger partial charge in [-0.15, -0.1) is 0 Å². The summed E-state index contributed by atoms with van der Waals surface area (Å²) in [5.41, 5.74) is 7.31. The van der Waals surface area contributed by atoms with E-state index in [1.165, 1.54) is 0 Å². The molecule has 0 aromatic heterocycles. The normalized spacial score (nSPS) is 8.93. The van der Waals surface area contributed by atoms with Gasteiger partial charge in [-0.25, -0.2) is 0 Å². The third-order valence-electron chi connectivity index (χ3n) is 1.62. The summed E-state index contributed by atoms with van der Waals surface area (Å²) < 4.78 is 0. The Labute approximate surface area is 95.1 Å². The van der Waals surface area contributed by atoms with Crippen LogP contribution >= 0.6 is 24.8 Å². The molecule has 72 valence electrons. The first-order valence-corrected chi connectivity index (χ1v) is 5.27. The fourth-order valence-corrected chi connectivity index (χ4v) is 1.21. The maximum Gasteiger partial charge on any atom is 0.104 e. The van der Waals surface area contributed by atoms with Crippen LogP contribution in [0.15, 0.2) is 24.3 Å². The Morgan fingerprint density at radius 1 is 1.50 bits per heavy atom. The van der Waals surface area contributed by atoms with Gasteiger partial charge in [0.2, 0.25) is 0 Å². The van der Waals surface area contributed by atoms with E-state index < -0.39 is 0 Å². The molecule has 1 rings (SSSR count). The van der Waals surface area contributed by atoms with E-state index in [1.807, 2.05) is 24.3 Å². The minimum atomic E-state index is 0.405. The first kappa shape index (κ1) is 11.1. The minimum absolute atomic E-state index is 0.405. The molecule has 0 aliphatic heterocycles. The molecule has 1 aromatic carbocycles. The van der Waals surface area contributed by atoms with Gasteiger partial charge in [0.05, 0.1) is 0 Å². The molecule has 0 saturated heterocycles. The lowest BCUT2D eigenvalue weighted by atomic mass is 10.1. The van der Waals surface area contributed by atoms with Crippen molar-refractivity contribution in [3.05, 3.63) is 35.4 Å². The highest BCUT2D eigenvalue weighted by atomic mass is 32.1. The van der Waals surface area contributed by atoms with E-state index in [-0.39, 0.29) is 0 Å². The van der Waals surface area contributed by atoms with E-state index in [0.717, 1.165) is 23.3 Å². The molecule has 0 saturated carbocycles. The molecule has 0 radical (unpaired) electrons. The standard InChI is InChI=1S/C11H11NS2/c12-11(14)10-6-3-5-9(8-10)4-1-2-7-13/h3,5-6,8,13H,2,7H2,(H2,12,14). The van der Waals surface area contributed by atoms with Crippen molar-refractivity contribution in [2.24, 2.45) is 5.73 Å². The summed E-state index contributed by atoms with van der Waals surface area (Å²) in [6, 6.07) is 7.62. The Morgan fingerprint density at radius 2 is 2.29 bits per heavy atom. The minimum Gasteiger partial charge on any atom is -0.389 e. The fourth-order valence-electron chi connectivity index (χ4n) is 0.971. The summed E-state index contributed by atoms with van der Waals surface area (Å²) in [5.74, 6) is 6.81. The molecule has 1 nitrogen and oxygen atoms in total. The van der Waals surface area contributed by atoms with Crippen molar-refractivity contribution in [3.63, 3.8) is 0 Å². The Kier molecular flexibility index (Phi) is 4.51. The van der Waals surface area contributed by atoms with Gasteiger partial charge in [-0.05, 0) is 12.1 Å². The van der Waals surface area contributed by atoms with Crippen LogP contribution in [0, 0.1) is 11.8 Å². The molecule has 0 atom stereocenters. The van der Waals surface area contributed by atoms with Gasteiger partial charge < -0.3 is 5.73 Å². The lowest BCUT2D eigenvalue weighted by Crippen LogP contribution is -2.08. The molecule has 0 unspecified atom stereocenters. The van der Waals surface area contributed by atoms with E-state index in [2.05, 4.69) is 24.5 Å². The third kappa shape index (κ3) is 3.41. The lowest BCUT2D eigenvalue weighted by Gasteiger charge is -1.97. The molecule has 14 heavy (non-hydrogen) atoms. The van der Waals surface area contributed by atoms with Crippen LogP contribution in [0.4, 0.5) is 0 Å². The monoisotopic (exact) mass is 221 g/mol. The number of nitrogens with two attached hydrogens (primary N) is 1. The maximum absolute atomic E-state index is 5.51. The Hall–Kier alpha value is -0.980. The molecule has 0 heterocycles. The highest BCUT2D eigenvalue weighted by molar-refractivity contribution is 7.80. The van der Waals surface area contributed by atoms with Gasteiger partial charge in [0.15, 0.2) is 0 Å². The van der Waals surface area contributed by atoms with Crippen molar-refractivity contribution in [1.82, 2.24) is 0 Å². The van der Waals surface area contributed by atoms with Crippen LogP contribution in [0.1, 0.15) is 17.5 Å². The highest BCUT2D eigenvalue weighted by Crippen LogP contribution is 2.03. The average molecular weight is 221 g/mol. The second-order valence-electron chi connectivity index (χ2n) is 2.72. The zero-order valence-electron chi connectivity index (χ0n) is 7.66. The highest BCUT2D eigenvalue weighted by Gasteiger charge is 1.95. The Bertz CT molecular complexity index is 388. The smallest absolute Gasteiger partial charge is 0.104 e. The molecular weight excluding hydrogens is 210 g/mol. The lowest BCUT2D eigenvalue weighted by molar-refractivity contribution is 1.31. The van der Waals surface area contributed by atoms with Gasteiger partial charge in [-0.2, -0.15) is 12.6 Å². The predicted molar refractivity (Wildman–Crippen MR) is 67.7 cm³/mol. The summed E-state index contributed by atoms with van der Waals surface area (Å²) in [6.07, 6.45) is 0.792. The van der Waals surface area contributed by atoms with Crippen LogP contribution in [-0.4, -0.2) is 10.7 Å². The SMILES string of the molecule is NC(=S)c1cccc(C#CCCS)c1. The molecule has 0 aliphatic carbocycles.